The van der Waals surface area contributed by atoms with Crippen LogP contribution in [0.1, 0.15) is 40.7 Å². The van der Waals surface area contributed by atoms with Crippen LogP contribution in [0.15, 0.2) is 36.7 Å². The van der Waals surface area contributed by atoms with E-state index in [-0.39, 0.29) is 11.8 Å². The molecule has 1 amide bonds. The number of aromatic nitrogens is 2. The van der Waals surface area contributed by atoms with Crippen molar-refractivity contribution in [2.45, 2.75) is 25.5 Å². The predicted octanol–water partition coefficient (Wildman–Crippen LogP) is 1.73. The monoisotopic (exact) mass is 342 g/mol. The minimum Gasteiger partial charge on any atom is -0.385 e. The van der Waals surface area contributed by atoms with Crippen molar-refractivity contribution in [1.29, 1.82) is 0 Å². The molecular formula is C19H26N4O2. The maximum atomic E-state index is 11.8. The van der Waals surface area contributed by atoms with E-state index < -0.39 is 6.10 Å². The highest BCUT2D eigenvalue weighted by atomic mass is 16.3. The number of nitrogens with one attached hydrogen (secondary N) is 1. The molecule has 1 saturated heterocycles. The van der Waals surface area contributed by atoms with Crippen LogP contribution in [0.3, 0.4) is 0 Å². The Morgan fingerprint density at radius 2 is 2.16 bits per heavy atom. The summed E-state index contributed by atoms with van der Waals surface area (Å²) in [6, 6.07) is 7.77. The third kappa shape index (κ3) is 4.08. The number of rotatable bonds is 5. The van der Waals surface area contributed by atoms with E-state index in [4.69, 9.17) is 0 Å². The van der Waals surface area contributed by atoms with Crippen LogP contribution < -0.4 is 5.32 Å². The van der Waals surface area contributed by atoms with Crippen molar-refractivity contribution in [2.24, 2.45) is 13.0 Å². The van der Waals surface area contributed by atoms with Crippen molar-refractivity contribution < 1.29 is 9.90 Å². The lowest BCUT2D eigenvalue weighted by Crippen LogP contribution is -2.35. The quantitative estimate of drug-likeness (QED) is 0.868. The zero-order valence-corrected chi connectivity index (χ0v) is 14.9. The number of amides is 1. The van der Waals surface area contributed by atoms with E-state index in [0.29, 0.717) is 5.56 Å². The summed E-state index contributed by atoms with van der Waals surface area (Å²) < 4.78 is 1.89. The number of likely N-dealkylation sites (tertiary alicyclic amines) is 1. The van der Waals surface area contributed by atoms with Crippen molar-refractivity contribution in [3.05, 3.63) is 53.6 Å². The van der Waals surface area contributed by atoms with Crippen LogP contribution in [0.4, 0.5) is 0 Å². The van der Waals surface area contributed by atoms with E-state index in [1.165, 1.54) is 0 Å². The van der Waals surface area contributed by atoms with Gasteiger partial charge in [0.2, 0.25) is 0 Å². The molecule has 1 atom stereocenters. The smallest absolute Gasteiger partial charge is 0.251 e. The highest BCUT2D eigenvalue weighted by Crippen LogP contribution is 2.30. The second-order valence-corrected chi connectivity index (χ2v) is 6.73. The van der Waals surface area contributed by atoms with Crippen molar-refractivity contribution in [3.63, 3.8) is 0 Å². The number of piperidine rings is 1. The maximum Gasteiger partial charge on any atom is 0.251 e. The first-order chi connectivity index (χ1) is 12.1. The Hall–Kier alpha value is -2.18. The Morgan fingerprint density at radius 3 is 2.80 bits per heavy atom. The maximum absolute atomic E-state index is 11.8. The summed E-state index contributed by atoms with van der Waals surface area (Å²) in [5.41, 5.74) is 1.84. The average molecular weight is 342 g/mol. The number of aliphatic hydroxyl groups is 1. The van der Waals surface area contributed by atoms with Crippen LogP contribution in [0, 0.1) is 5.92 Å². The summed E-state index contributed by atoms with van der Waals surface area (Å²) >= 11 is 0. The van der Waals surface area contributed by atoms with E-state index in [1.54, 1.807) is 13.2 Å². The van der Waals surface area contributed by atoms with E-state index >= 15 is 0 Å². The standard InChI is InChI=1S/C19H26N4O2/c1-20-19(25)16-5-3-4-14(12-16)13-23-9-6-15(7-10-23)17(24)18-21-8-11-22(18)2/h3-5,8,11-12,15,17,24H,6-7,9-10,13H2,1-2H3,(H,20,25). The molecule has 1 aliphatic heterocycles. The van der Waals surface area contributed by atoms with Gasteiger partial charge in [-0.2, -0.15) is 0 Å². The van der Waals surface area contributed by atoms with E-state index in [9.17, 15) is 9.90 Å². The number of aryl methyl sites for hydroxylation is 1. The SMILES string of the molecule is CNC(=O)c1cccc(CN2CCC(C(O)c3nccn3C)CC2)c1. The second kappa shape index (κ2) is 7.80. The average Bonchev–Trinajstić information content (AvgIpc) is 3.07. The minimum atomic E-state index is -0.501. The van der Waals surface area contributed by atoms with Gasteiger partial charge < -0.3 is 15.0 Å². The molecule has 0 bridgehead atoms. The van der Waals surface area contributed by atoms with Crippen LogP contribution in [0.25, 0.3) is 0 Å². The predicted molar refractivity (Wildman–Crippen MR) is 96.0 cm³/mol. The molecule has 2 heterocycles. The molecule has 6 heteroatoms. The van der Waals surface area contributed by atoms with Crippen molar-refractivity contribution in [2.75, 3.05) is 20.1 Å². The first-order valence-electron chi connectivity index (χ1n) is 8.77. The van der Waals surface area contributed by atoms with Gasteiger partial charge in [0, 0.05) is 38.6 Å². The fraction of sp³-hybridized carbons (Fsp3) is 0.474. The number of imidazole rings is 1. The van der Waals surface area contributed by atoms with Crippen molar-refractivity contribution in [1.82, 2.24) is 19.8 Å². The zero-order chi connectivity index (χ0) is 17.8. The number of carbonyl (C=O) groups excluding carboxylic acids is 1. The Morgan fingerprint density at radius 1 is 1.40 bits per heavy atom. The Kier molecular flexibility index (Phi) is 5.50. The van der Waals surface area contributed by atoms with Gasteiger partial charge in [-0.05, 0) is 49.5 Å². The molecule has 134 valence electrons. The van der Waals surface area contributed by atoms with Crippen molar-refractivity contribution >= 4 is 5.91 Å². The van der Waals surface area contributed by atoms with Crippen LogP contribution >= 0.6 is 0 Å². The molecule has 2 N–H and O–H groups in total. The van der Waals surface area contributed by atoms with Gasteiger partial charge in [0.1, 0.15) is 11.9 Å². The molecule has 0 spiro atoms. The topological polar surface area (TPSA) is 70.4 Å². The second-order valence-electron chi connectivity index (χ2n) is 6.73. The summed E-state index contributed by atoms with van der Waals surface area (Å²) in [6.45, 7) is 2.71. The first kappa shape index (κ1) is 17.6. The Bertz CT molecular complexity index is 720. The summed E-state index contributed by atoms with van der Waals surface area (Å²) in [4.78, 5) is 18.4. The number of aliphatic hydroxyl groups excluding tert-OH is 1. The van der Waals surface area contributed by atoms with E-state index in [0.717, 1.165) is 43.9 Å². The fourth-order valence-corrected chi connectivity index (χ4v) is 3.51. The van der Waals surface area contributed by atoms with Gasteiger partial charge in [-0.25, -0.2) is 4.98 Å². The largest absolute Gasteiger partial charge is 0.385 e. The van der Waals surface area contributed by atoms with Crippen LogP contribution in [-0.4, -0.2) is 45.6 Å². The van der Waals surface area contributed by atoms with Gasteiger partial charge in [-0.15, -0.1) is 0 Å². The summed E-state index contributed by atoms with van der Waals surface area (Å²) in [6.07, 6.45) is 4.99. The first-order valence-corrected chi connectivity index (χ1v) is 8.77. The third-order valence-electron chi connectivity index (χ3n) is 5.02. The number of nitrogens with zero attached hydrogens (tertiary/aromatic N) is 3. The van der Waals surface area contributed by atoms with E-state index in [2.05, 4.69) is 21.3 Å². The fourth-order valence-electron chi connectivity index (χ4n) is 3.51. The molecule has 0 aliphatic carbocycles. The van der Waals surface area contributed by atoms with Crippen LogP contribution in [0.2, 0.25) is 0 Å². The molecule has 6 nitrogen and oxygen atoms in total. The molecule has 0 saturated carbocycles. The van der Waals surface area contributed by atoms with Gasteiger partial charge in [-0.3, -0.25) is 9.69 Å². The number of carbonyl (C=O) groups is 1. The summed E-state index contributed by atoms with van der Waals surface area (Å²) in [5, 5.41) is 13.2. The third-order valence-corrected chi connectivity index (χ3v) is 5.02. The lowest BCUT2D eigenvalue weighted by molar-refractivity contribution is 0.0492. The molecule has 1 fully saturated rings. The van der Waals surface area contributed by atoms with Gasteiger partial charge >= 0.3 is 0 Å². The van der Waals surface area contributed by atoms with Crippen LogP contribution in [0.5, 0.6) is 0 Å². The molecule has 0 radical (unpaired) electrons. The normalized spacial score (nSPS) is 17.4. The molecular weight excluding hydrogens is 316 g/mol. The number of hydrogen-bond donors (Lipinski definition) is 2. The Labute approximate surface area is 148 Å². The molecule has 1 aromatic heterocycles. The lowest BCUT2D eigenvalue weighted by Gasteiger charge is -2.34. The molecule has 1 aliphatic rings. The lowest BCUT2D eigenvalue weighted by atomic mass is 9.90. The highest BCUT2D eigenvalue weighted by Gasteiger charge is 2.28. The molecule has 25 heavy (non-hydrogen) atoms. The molecule has 1 aromatic carbocycles. The molecule has 1 unspecified atom stereocenters. The highest BCUT2D eigenvalue weighted by molar-refractivity contribution is 5.94. The Balaban J connectivity index is 1.56. The summed E-state index contributed by atoms with van der Waals surface area (Å²) in [5.74, 6) is 0.935. The van der Waals surface area contributed by atoms with Gasteiger partial charge in [-0.1, -0.05) is 12.1 Å². The van der Waals surface area contributed by atoms with E-state index in [1.807, 2.05) is 36.0 Å². The van der Waals surface area contributed by atoms with Gasteiger partial charge in [0.25, 0.3) is 5.91 Å². The number of benzene rings is 1. The zero-order valence-electron chi connectivity index (χ0n) is 14.9. The molecule has 2 aromatic rings. The summed E-state index contributed by atoms with van der Waals surface area (Å²) in [7, 11) is 3.56. The van der Waals surface area contributed by atoms with Gasteiger partial charge in [0.15, 0.2) is 0 Å². The minimum absolute atomic E-state index is 0.0567. The number of hydrogen-bond acceptors (Lipinski definition) is 4. The van der Waals surface area contributed by atoms with Crippen molar-refractivity contribution in [3.8, 4) is 0 Å². The van der Waals surface area contributed by atoms with Crippen LogP contribution in [-0.2, 0) is 13.6 Å². The molecule has 3 rings (SSSR count). The van der Waals surface area contributed by atoms with Gasteiger partial charge in [0.05, 0.1) is 0 Å².